The summed E-state index contributed by atoms with van der Waals surface area (Å²) < 4.78 is 14.6. The molecule has 0 aliphatic heterocycles. The topological polar surface area (TPSA) is 29.1 Å². The first kappa shape index (κ1) is 97.0. The van der Waals surface area contributed by atoms with Crippen LogP contribution in [0.2, 0.25) is 0 Å². The Labute approximate surface area is 852 Å². The molecule has 0 aliphatic carbocycles. The molecule has 144 heavy (non-hydrogen) atoms. The fourth-order valence-corrected chi connectivity index (χ4v) is 21.6. The van der Waals surface area contributed by atoms with Crippen molar-refractivity contribution in [2.24, 2.45) is 0 Å². The lowest BCUT2D eigenvalue weighted by molar-refractivity contribution is 0.589. The van der Waals surface area contributed by atoms with E-state index < -0.39 is 0 Å². The average molecular weight is 1880 g/mol. The molecule has 7 aromatic heterocycles. The molecule has 6 heteroatoms. The quantitative estimate of drug-likeness (QED) is 0.164. The Hall–Kier alpha value is -14.5. The van der Waals surface area contributed by atoms with Crippen molar-refractivity contribution in [2.75, 3.05) is 0 Å². The van der Waals surface area contributed by atoms with Crippen molar-refractivity contribution in [1.29, 1.82) is 0 Å². The van der Waals surface area contributed by atoms with Gasteiger partial charge in [0.1, 0.15) is 0 Å². The molecule has 0 saturated carbocycles. The Bertz CT molecular complexity index is 8520. The van der Waals surface area contributed by atoms with Gasteiger partial charge >= 0.3 is 0 Å². The Morgan fingerprint density at radius 2 is 0.312 bits per heavy atom. The molecule has 0 spiro atoms. The van der Waals surface area contributed by atoms with E-state index >= 15 is 0 Å². The molecule has 0 saturated heterocycles. The van der Waals surface area contributed by atoms with Crippen LogP contribution in [0.4, 0.5) is 0 Å². The zero-order valence-corrected chi connectivity index (χ0v) is 89.9. The maximum Gasteiger partial charge on any atom is 0.0620 e. The highest BCUT2D eigenvalue weighted by Crippen LogP contribution is 2.48. The largest absolute Gasteiger partial charge is 0.309 e. The van der Waals surface area contributed by atoms with E-state index in [-0.39, 0.29) is 48.7 Å². The van der Waals surface area contributed by atoms with E-state index in [0.29, 0.717) is 0 Å². The number of aromatic nitrogens is 6. The van der Waals surface area contributed by atoms with Gasteiger partial charge in [-0.1, -0.05) is 387 Å². The summed E-state index contributed by atoms with van der Waals surface area (Å²) in [5.74, 6) is 0. The van der Waals surface area contributed by atoms with Crippen molar-refractivity contribution in [1.82, 2.24) is 27.2 Å². The molecular weight excluding hydrogens is 1740 g/mol. The standard InChI is InChI=1S/C50H60N2.C22H19N.3C22H21N/c1-46(2,3)31-16-20-42-38(26-31)39-27-32(47(4,5)6)17-21-43(39)51(42)36-24-35(50(13,14)15)25-37(30-36)52-44-22-18-33(48(7,8)9)28-40(44)41-29-34(49(10,11)12)19-23-45(41)52;1-22(2,3)14-12-17-15-8-4-6-10-19(15)23-20-11-7-5-9-16(20)18(13-14)21(17)23;1-22(2,3)16-9-8-10-17(15-16)23-20-13-6-4-11-18(20)19-12-5-7-14-21(19)23;1-22(2,3)16-12-14-17(15-13-16)23-20-10-6-4-8-18(20)19-9-5-7-11-21(19)23;1-22(2,3)16-13-14-21-19(15-16)18-11-7-8-12-20(18)23(21)17-9-5-4-6-10-17/h16-30H,1-15H3;4-13H,1-3H3;3*4-15H,1-3H3. The van der Waals surface area contributed by atoms with Crippen molar-refractivity contribution < 1.29 is 0 Å². The average Bonchev–Trinajstić information content (AvgIpc) is 1.54. The number of benzene rings is 17. The molecule has 0 bridgehead atoms. The van der Waals surface area contributed by atoms with Gasteiger partial charge in [-0.25, -0.2) is 0 Å². The summed E-state index contributed by atoms with van der Waals surface area (Å²) in [4.78, 5) is 0. The van der Waals surface area contributed by atoms with Gasteiger partial charge in [-0.3, -0.25) is 0 Å². The lowest BCUT2D eigenvalue weighted by Gasteiger charge is -2.24. The summed E-state index contributed by atoms with van der Waals surface area (Å²) in [7, 11) is 0. The summed E-state index contributed by atoms with van der Waals surface area (Å²) >= 11 is 0. The second-order valence-electron chi connectivity index (χ2n) is 49.6. The summed E-state index contributed by atoms with van der Waals surface area (Å²) in [6, 6.07) is 137. The molecule has 6 nitrogen and oxygen atoms in total. The molecule has 0 N–H and O–H groups in total. The molecule has 7 heterocycles. The lowest BCUT2D eigenvalue weighted by atomic mass is 9.85. The van der Waals surface area contributed by atoms with Crippen LogP contribution in [0, 0.1) is 0 Å². The predicted octanol–water partition coefficient (Wildman–Crippen LogP) is 38.7. The van der Waals surface area contributed by atoms with Gasteiger partial charge in [0.05, 0.1) is 71.7 Å². The molecule has 17 aromatic carbocycles. The molecule has 0 atom stereocenters. The number of nitrogens with zero attached hydrogens (tertiary/aromatic N) is 6. The second kappa shape index (κ2) is 35.8. The van der Waals surface area contributed by atoms with Crippen molar-refractivity contribution in [3.63, 3.8) is 0 Å². The highest BCUT2D eigenvalue weighted by Gasteiger charge is 2.30. The molecule has 724 valence electrons. The minimum Gasteiger partial charge on any atom is -0.309 e. The molecule has 0 aliphatic rings. The smallest absolute Gasteiger partial charge is 0.0620 e. The first-order valence-corrected chi connectivity index (χ1v) is 51.9. The van der Waals surface area contributed by atoms with E-state index in [1.165, 1.54) is 226 Å². The fraction of sp³-hybridized carbons (Fsp3) is 0.261. The third-order valence-corrected chi connectivity index (χ3v) is 30.0. The third kappa shape index (κ3) is 17.9. The van der Waals surface area contributed by atoms with E-state index in [1.54, 1.807) is 0 Å². The normalized spacial score (nSPS) is 12.8. The van der Waals surface area contributed by atoms with Crippen LogP contribution in [0.15, 0.2) is 370 Å². The van der Waals surface area contributed by atoms with E-state index in [0.717, 1.165) is 0 Å². The van der Waals surface area contributed by atoms with Crippen LogP contribution >= 0.6 is 0 Å². The zero-order valence-electron chi connectivity index (χ0n) is 89.9. The minimum absolute atomic E-state index is 0.0554. The molecule has 0 amide bonds. The molecule has 24 rings (SSSR count). The first-order chi connectivity index (χ1) is 68.1. The fourth-order valence-electron chi connectivity index (χ4n) is 21.6. The van der Waals surface area contributed by atoms with Gasteiger partial charge in [-0.15, -0.1) is 0 Å². The van der Waals surface area contributed by atoms with Gasteiger partial charge in [-0.2, -0.15) is 0 Å². The van der Waals surface area contributed by atoms with Crippen LogP contribution in [0.1, 0.15) is 237 Å². The van der Waals surface area contributed by atoms with Crippen LogP contribution in [-0.2, 0) is 48.7 Å². The van der Waals surface area contributed by atoms with Gasteiger partial charge in [0.15, 0.2) is 0 Å². The molecule has 24 aromatic rings. The predicted molar refractivity (Wildman–Crippen MR) is 627 cm³/mol. The number of fused-ring (bicyclic) bond motifs is 21. The molecule has 0 unspecified atom stereocenters. The van der Waals surface area contributed by atoms with Gasteiger partial charge in [0.2, 0.25) is 0 Å². The summed E-state index contributed by atoms with van der Waals surface area (Å²) in [6.45, 7) is 62.0. The molecular formula is C138H142N6. The Balaban J connectivity index is 0.000000116. The van der Waals surface area contributed by atoms with Gasteiger partial charge < -0.3 is 27.2 Å². The van der Waals surface area contributed by atoms with Gasteiger partial charge in [0.25, 0.3) is 0 Å². The Morgan fingerprint density at radius 1 is 0.118 bits per heavy atom. The van der Waals surface area contributed by atoms with Gasteiger partial charge in [0, 0.05) is 104 Å². The minimum atomic E-state index is -0.0557. The SMILES string of the molecule is CC(C)(C)c1cc(-n2c3ccc(C(C)(C)C)cc3c3cc(C(C)(C)C)ccc32)cc(-n2c3ccc(C(C)(C)C)cc3c3cc(C(C)(C)C)ccc32)c1.CC(C)(C)c1cc2c3ccccc3n3c4ccccc4c(c1)c23.CC(C)(C)c1ccc(-n2c3ccccc3c3ccccc32)cc1.CC(C)(C)c1ccc2c(c1)c1ccccc1n2-c1ccccc1.CC(C)(C)c1cccc(-n2c3ccccc3c3ccccc32)c1. The number of para-hydroxylation sites is 8. The summed E-state index contributed by atoms with van der Waals surface area (Å²) in [5, 5.41) is 18.6. The number of hydrogen-bond donors (Lipinski definition) is 0. The van der Waals surface area contributed by atoms with Crippen molar-refractivity contribution in [2.45, 2.75) is 236 Å². The van der Waals surface area contributed by atoms with Crippen molar-refractivity contribution in [3.05, 3.63) is 420 Å². The lowest BCUT2D eigenvalue weighted by Crippen LogP contribution is -2.13. The van der Waals surface area contributed by atoms with Crippen molar-refractivity contribution >= 4 is 147 Å². The first-order valence-electron chi connectivity index (χ1n) is 51.9. The van der Waals surface area contributed by atoms with Crippen LogP contribution in [-0.4, -0.2) is 27.2 Å². The zero-order chi connectivity index (χ0) is 102. The second-order valence-corrected chi connectivity index (χ2v) is 49.6. The highest BCUT2D eigenvalue weighted by atomic mass is 15.0. The number of rotatable bonds is 5. The van der Waals surface area contributed by atoms with E-state index in [1.807, 2.05) is 0 Å². The van der Waals surface area contributed by atoms with E-state index in [2.05, 4.69) is 584 Å². The number of hydrogen-bond acceptors (Lipinski definition) is 0. The summed E-state index contributed by atoms with van der Waals surface area (Å²) in [5.41, 5.74) is 35.7. The maximum absolute atomic E-state index is 2.52. The monoisotopic (exact) mass is 1880 g/mol. The van der Waals surface area contributed by atoms with Crippen LogP contribution < -0.4 is 0 Å². The highest BCUT2D eigenvalue weighted by molar-refractivity contribution is 6.24. The molecule has 0 radical (unpaired) electrons. The van der Waals surface area contributed by atoms with Crippen LogP contribution in [0.25, 0.3) is 176 Å². The van der Waals surface area contributed by atoms with Crippen LogP contribution in [0.3, 0.4) is 0 Å². The van der Waals surface area contributed by atoms with E-state index in [9.17, 15) is 0 Å². The molecule has 0 fully saturated rings. The van der Waals surface area contributed by atoms with Gasteiger partial charge in [-0.05, 0) is 269 Å². The van der Waals surface area contributed by atoms with E-state index in [4.69, 9.17) is 0 Å². The maximum atomic E-state index is 2.52. The van der Waals surface area contributed by atoms with Crippen LogP contribution in [0.5, 0.6) is 0 Å². The summed E-state index contributed by atoms with van der Waals surface area (Å²) in [6.07, 6.45) is 0. The Kier molecular flexibility index (Phi) is 24.1. The third-order valence-electron chi connectivity index (χ3n) is 30.0. The van der Waals surface area contributed by atoms with Crippen molar-refractivity contribution in [3.8, 4) is 28.4 Å². The Morgan fingerprint density at radius 3 is 0.611 bits per heavy atom.